The van der Waals surface area contributed by atoms with Crippen LogP contribution in [-0.4, -0.2) is 42.1 Å². The number of carbonyl (C=O) groups is 2. The van der Waals surface area contributed by atoms with Gasteiger partial charge in [0.15, 0.2) is 0 Å². The fourth-order valence-corrected chi connectivity index (χ4v) is 4.42. The van der Waals surface area contributed by atoms with Crippen molar-refractivity contribution in [3.63, 3.8) is 0 Å². The van der Waals surface area contributed by atoms with Gasteiger partial charge in [0.25, 0.3) is 0 Å². The van der Waals surface area contributed by atoms with Gasteiger partial charge in [-0.25, -0.2) is 4.79 Å². The number of benzene rings is 1. The molecule has 1 aliphatic heterocycles. The van der Waals surface area contributed by atoms with Crippen LogP contribution < -0.4 is 5.32 Å². The first-order chi connectivity index (χ1) is 11.1. The Morgan fingerprint density at radius 3 is 2.61 bits per heavy atom. The van der Waals surface area contributed by atoms with Gasteiger partial charge in [-0.1, -0.05) is 30.3 Å². The first-order valence-electron chi connectivity index (χ1n) is 8.35. The van der Waals surface area contributed by atoms with E-state index in [0.29, 0.717) is 12.5 Å². The Kier molecular flexibility index (Phi) is 3.32. The maximum absolute atomic E-state index is 12.2. The van der Waals surface area contributed by atoms with Crippen LogP contribution in [0.15, 0.2) is 30.3 Å². The van der Waals surface area contributed by atoms with Crippen LogP contribution in [0.5, 0.6) is 0 Å². The molecule has 122 valence electrons. The highest BCUT2D eigenvalue weighted by atomic mass is 16.6. The molecule has 0 radical (unpaired) electrons. The van der Waals surface area contributed by atoms with E-state index in [-0.39, 0.29) is 29.5 Å². The molecule has 2 aliphatic carbocycles. The van der Waals surface area contributed by atoms with Gasteiger partial charge >= 0.3 is 6.09 Å². The summed E-state index contributed by atoms with van der Waals surface area (Å²) >= 11 is 0. The molecule has 1 saturated heterocycles. The van der Waals surface area contributed by atoms with E-state index < -0.39 is 0 Å². The average Bonchev–Trinajstić information content (AvgIpc) is 2.83. The molecule has 23 heavy (non-hydrogen) atoms. The Hall–Kier alpha value is -2.04. The summed E-state index contributed by atoms with van der Waals surface area (Å²) in [6, 6.07) is 10.7. The molecule has 1 aromatic carbocycles. The number of hydrogen-bond acceptors (Lipinski definition) is 3. The largest absolute Gasteiger partial charge is 0.447 e. The second-order valence-corrected chi connectivity index (χ2v) is 7.10. The molecule has 0 atom stereocenters. The Morgan fingerprint density at radius 2 is 1.96 bits per heavy atom. The Labute approximate surface area is 136 Å². The van der Waals surface area contributed by atoms with Gasteiger partial charge < -0.3 is 10.1 Å². The van der Waals surface area contributed by atoms with Gasteiger partial charge in [-0.05, 0) is 37.2 Å². The maximum atomic E-state index is 12.2. The summed E-state index contributed by atoms with van der Waals surface area (Å²) in [7, 11) is 1.66. The quantitative estimate of drug-likeness (QED) is 0.931. The van der Waals surface area contributed by atoms with Crippen LogP contribution in [-0.2, 0) is 9.53 Å². The average molecular weight is 314 g/mol. The molecule has 2 saturated carbocycles. The second-order valence-electron chi connectivity index (χ2n) is 7.10. The number of ether oxygens (including phenoxy) is 1. The van der Waals surface area contributed by atoms with Crippen LogP contribution in [0.2, 0.25) is 0 Å². The first kappa shape index (κ1) is 14.5. The molecule has 2 amide bonds. The van der Waals surface area contributed by atoms with Crippen molar-refractivity contribution < 1.29 is 14.3 Å². The summed E-state index contributed by atoms with van der Waals surface area (Å²) in [5.74, 6) is 0.620. The molecular weight excluding hydrogens is 292 g/mol. The Morgan fingerprint density at radius 1 is 1.26 bits per heavy atom. The molecule has 1 N–H and O–H groups in total. The zero-order valence-electron chi connectivity index (χ0n) is 13.3. The molecule has 0 unspecified atom stereocenters. The highest BCUT2D eigenvalue weighted by Gasteiger charge is 2.60. The van der Waals surface area contributed by atoms with Crippen molar-refractivity contribution in [1.29, 1.82) is 0 Å². The molecule has 3 fully saturated rings. The fourth-order valence-electron chi connectivity index (χ4n) is 4.42. The Balaban J connectivity index is 1.43. The summed E-state index contributed by atoms with van der Waals surface area (Å²) in [4.78, 5) is 25.9. The summed E-state index contributed by atoms with van der Waals surface area (Å²) in [6.07, 6.45) is 3.24. The lowest BCUT2D eigenvalue weighted by Crippen LogP contribution is -2.63. The normalized spacial score (nSPS) is 35.4. The van der Waals surface area contributed by atoms with Crippen LogP contribution in [0, 0.1) is 5.92 Å². The predicted octanol–water partition coefficient (Wildman–Crippen LogP) is 2.28. The minimum atomic E-state index is -0.236. The number of carbonyl (C=O) groups excluding carboxylic acids is 2. The van der Waals surface area contributed by atoms with Gasteiger partial charge in [-0.2, -0.15) is 0 Å². The Bertz CT molecular complexity index is 618. The van der Waals surface area contributed by atoms with E-state index in [2.05, 4.69) is 29.6 Å². The van der Waals surface area contributed by atoms with Crippen molar-refractivity contribution in [3.05, 3.63) is 35.9 Å². The van der Waals surface area contributed by atoms with Gasteiger partial charge in [-0.3, -0.25) is 9.69 Å². The first-order valence-corrected chi connectivity index (χ1v) is 8.35. The topological polar surface area (TPSA) is 58.6 Å². The number of cyclic esters (lactones) is 1. The van der Waals surface area contributed by atoms with Crippen LogP contribution in [0.25, 0.3) is 0 Å². The van der Waals surface area contributed by atoms with Gasteiger partial charge in [0.1, 0.15) is 6.61 Å². The van der Waals surface area contributed by atoms with Crippen LogP contribution in [0.1, 0.15) is 37.2 Å². The standard InChI is InChI=1S/C18H22N2O3/c1-19-16(21)14-9-18(10-14)11-23-17(22)20(18)15-7-13(8-15)12-5-3-2-4-6-12/h2-6,13-15H,7-11H2,1H3,(H,19,21). The number of hydrogen-bond donors (Lipinski definition) is 1. The van der Waals surface area contributed by atoms with Gasteiger partial charge in [-0.15, -0.1) is 0 Å². The monoisotopic (exact) mass is 314 g/mol. The highest BCUT2D eigenvalue weighted by molar-refractivity contribution is 5.81. The summed E-state index contributed by atoms with van der Waals surface area (Å²) in [5.41, 5.74) is 1.11. The molecule has 1 spiro atoms. The zero-order chi connectivity index (χ0) is 16.0. The van der Waals surface area contributed by atoms with Crippen molar-refractivity contribution >= 4 is 12.0 Å². The molecule has 3 aliphatic rings. The second kappa shape index (κ2) is 5.25. The van der Waals surface area contributed by atoms with Crippen molar-refractivity contribution in [3.8, 4) is 0 Å². The lowest BCUT2D eigenvalue weighted by Gasteiger charge is -2.53. The van der Waals surface area contributed by atoms with Gasteiger partial charge in [0.2, 0.25) is 5.91 Å². The van der Waals surface area contributed by atoms with E-state index >= 15 is 0 Å². The SMILES string of the molecule is CNC(=O)C1CC2(COC(=O)N2C2CC(c3ccccc3)C2)C1. The molecule has 0 aromatic heterocycles. The number of nitrogens with zero attached hydrogens (tertiary/aromatic N) is 1. The minimum absolute atomic E-state index is 0.0157. The summed E-state index contributed by atoms with van der Waals surface area (Å²) in [6.45, 7) is 0.436. The van der Waals surface area contributed by atoms with E-state index in [1.807, 2.05) is 11.0 Å². The van der Waals surface area contributed by atoms with Gasteiger partial charge in [0, 0.05) is 19.0 Å². The molecule has 4 rings (SSSR count). The third-order valence-electron chi connectivity index (χ3n) is 5.79. The van der Waals surface area contributed by atoms with Crippen LogP contribution in [0.3, 0.4) is 0 Å². The molecule has 5 nitrogen and oxygen atoms in total. The molecule has 1 aromatic rings. The smallest absolute Gasteiger partial charge is 0.410 e. The third-order valence-corrected chi connectivity index (χ3v) is 5.79. The van der Waals surface area contributed by atoms with E-state index in [4.69, 9.17) is 4.74 Å². The molecule has 1 heterocycles. The molecular formula is C18H22N2O3. The molecule has 5 heteroatoms. The molecule has 0 bridgehead atoms. The highest BCUT2D eigenvalue weighted by Crippen LogP contribution is 2.51. The maximum Gasteiger partial charge on any atom is 0.410 e. The van der Waals surface area contributed by atoms with Crippen molar-refractivity contribution in [2.75, 3.05) is 13.7 Å². The predicted molar refractivity (Wildman–Crippen MR) is 84.9 cm³/mol. The lowest BCUT2D eigenvalue weighted by atomic mass is 9.65. The van der Waals surface area contributed by atoms with E-state index in [1.54, 1.807) is 7.05 Å². The van der Waals surface area contributed by atoms with Crippen LogP contribution in [0.4, 0.5) is 4.79 Å². The van der Waals surface area contributed by atoms with Crippen molar-refractivity contribution in [2.45, 2.75) is 43.2 Å². The van der Waals surface area contributed by atoms with Gasteiger partial charge in [0.05, 0.1) is 5.54 Å². The third kappa shape index (κ3) is 2.21. The van der Waals surface area contributed by atoms with E-state index in [1.165, 1.54) is 5.56 Å². The lowest BCUT2D eigenvalue weighted by molar-refractivity contribution is -0.133. The van der Waals surface area contributed by atoms with Crippen molar-refractivity contribution in [2.24, 2.45) is 5.92 Å². The number of amides is 2. The summed E-state index contributed by atoms with van der Waals surface area (Å²) in [5, 5.41) is 2.70. The fraction of sp³-hybridized carbons (Fsp3) is 0.556. The number of rotatable bonds is 3. The number of nitrogens with one attached hydrogen (secondary N) is 1. The minimum Gasteiger partial charge on any atom is -0.447 e. The summed E-state index contributed by atoms with van der Waals surface area (Å²) < 4.78 is 5.34. The van der Waals surface area contributed by atoms with E-state index in [9.17, 15) is 9.59 Å². The zero-order valence-corrected chi connectivity index (χ0v) is 13.3. The van der Waals surface area contributed by atoms with Crippen LogP contribution >= 0.6 is 0 Å². The van der Waals surface area contributed by atoms with Crippen molar-refractivity contribution in [1.82, 2.24) is 10.2 Å². The van der Waals surface area contributed by atoms with E-state index in [0.717, 1.165) is 25.7 Å².